The zero-order valence-electron chi connectivity index (χ0n) is 12.4. The van der Waals surface area contributed by atoms with E-state index < -0.39 is 0 Å². The lowest BCUT2D eigenvalue weighted by Crippen LogP contribution is -2.22. The van der Waals surface area contributed by atoms with Gasteiger partial charge in [-0.25, -0.2) is 9.97 Å². The smallest absolute Gasteiger partial charge is 0.305 e. The number of hydrogen-bond acceptors (Lipinski definition) is 5. The van der Waals surface area contributed by atoms with Gasteiger partial charge in [-0.05, 0) is 25.3 Å². The molecule has 0 aliphatic heterocycles. The van der Waals surface area contributed by atoms with Crippen LogP contribution in [0, 0.1) is 6.92 Å². The molecule has 0 radical (unpaired) electrons. The van der Waals surface area contributed by atoms with Crippen molar-refractivity contribution in [2.45, 2.75) is 39.5 Å². The highest BCUT2D eigenvalue weighted by molar-refractivity contribution is 5.69. The van der Waals surface area contributed by atoms with Crippen LogP contribution in [0.5, 0.6) is 0 Å². The van der Waals surface area contributed by atoms with Crippen LogP contribution in [0.25, 0.3) is 0 Å². The second kappa shape index (κ2) is 7.07. The van der Waals surface area contributed by atoms with E-state index in [4.69, 9.17) is 0 Å². The summed E-state index contributed by atoms with van der Waals surface area (Å²) >= 11 is 0. The topological polar surface area (TPSA) is 55.3 Å². The Bertz CT molecular complexity index is 433. The van der Waals surface area contributed by atoms with Gasteiger partial charge in [0.25, 0.3) is 0 Å². The van der Waals surface area contributed by atoms with E-state index in [-0.39, 0.29) is 5.97 Å². The van der Waals surface area contributed by atoms with E-state index in [1.807, 2.05) is 24.9 Å². The Morgan fingerprint density at radius 2 is 2.11 bits per heavy atom. The first-order valence-electron chi connectivity index (χ1n) is 6.57. The van der Waals surface area contributed by atoms with E-state index in [9.17, 15) is 4.79 Å². The number of methoxy groups -OCH3 is 1. The fourth-order valence-corrected chi connectivity index (χ4v) is 1.71. The molecule has 1 aromatic rings. The van der Waals surface area contributed by atoms with Gasteiger partial charge in [-0.15, -0.1) is 0 Å². The Hall–Kier alpha value is -1.65. The first-order valence-corrected chi connectivity index (χ1v) is 6.57. The number of anilines is 1. The molecule has 0 spiro atoms. The number of carbonyl (C=O) groups is 1. The van der Waals surface area contributed by atoms with E-state index in [0.717, 1.165) is 24.4 Å². The summed E-state index contributed by atoms with van der Waals surface area (Å²) in [7, 11) is 3.35. The molecule has 0 aliphatic rings. The molecule has 0 amide bonds. The Balaban J connectivity index is 2.66. The van der Waals surface area contributed by atoms with Gasteiger partial charge in [0.1, 0.15) is 0 Å². The van der Waals surface area contributed by atoms with Crippen LogP contribution in [0.1, 0.15) is 44.0 Å². The molecule has 1 aromatic heterocycles. The summed E-state index contributed by atoms with van der Waals surface area (Å²) < 4.78 is 4.62. The summed E-state index contributed by atoms with van der Waals surface area (Å²) in [5.41, 5.74) is 2.01. The van der Waals surface area contributed by atoms with Gasteiger partial charge in [-0.3, -0.25) is 4.79 Å². The van der Waals surface area contributed by atoms with Crippen molar-refractivity contribution >= 4 is 11.9 Å². The quantitative estimate of drug-likeness (QED) is 0.739. The van der Waals surface area contributed by atoms with E-state index in [2.05, 4.69) is 28.6 Å². The van der Waals surface area contributed by atoms with Crippen LogP contribution in [-0.4, -0.2) is 36.6 Å². The van der Waals surface area contributed by atoms with Crippen molar-refractivity contribution in [3.8, 4) is 0 Å². The van der Waals surface area contributed by atoms with Crippen molar-refractivity contribution in [2.75, 3.05) is 25.6 Å². The summed E-state index contributed by atoms with van der Waals surface area (Å²) in [4.78, 5) is 22.0. The van der Waals surface area contributed by atoms with Crippen LogP contribution in [0.4, 0.5) is 5.95 Å². The average molecular weight is 265 g/mol. The van der Waals surface area contributed by atoms with Gasteiger partial charge in [0.15, 0.2) is 0 Å². The number of carbonyl (C=O) groups excluding carboxylic acids is 1. The summed E-state index contributed by atoms with van der Waals surface area (Å²) in [6.07, 6.45) is 1.15. The number of rotatable bonds is 6. The maximum Gasteiger partial charge on any atom is 0.305 e. The molecule has 19 heavy (non-hydrogen) atoms. The molecule has 0 fully saturated rings. The summed E-state index contributed by atoms with van der Waals surface area (Å²) in [5.74, 6) is 0.916. The Kier molecular flexibility index (Phi) is 5.73. The molecular weight excluding hydrogens is 242 g/mol. The normalized spacial score (nSPS) is 10.6. The van der Waals surface area contributed by atoms with Crippen molar-refractivity contribution in [3.05, 3.63) is 17.5 Å². The molecule has 0 bridgehead atoms. The van der Waals surface area contributed by atoms with E-state index in [0.29, 0.717) is 18.3 Å². The van der Waals surface area contributed by atoms with Crippen LogP contribution < -0.4 is 4.90 Å². The molecule has 5 nitrogen and oxygen atoms in total. The van der Waals surface area contributed by atoms with Crippen molar-refractivity contribution in [1.82, 2.24) is 9.97 Å². The van der Waals surface area contributed by atoms with E-state index in [1.165, 1.54) is 7.11 Å². The van der Waals surface area contributed by atoms with Crippen LogP contribution in [-0.2, 0) is 9.53 Å². The Morgan fingerprint density at radius 3 is 2.68 bits per heavy atom. The third kappa shape index (κ3) is 4.85. The highest BCUT2D eigenvalue weighted by atomic mass is 16.5. The predicted octanol–water partition coefficient (Wildman–Crippen LogP) is 2.30. The molecule has 106 valence electrons. The van der Waals surface area contributed by atoms with Gasteiger partial charge in [0.05, 0.1) is 7.11 Å². The fourth-order valence-electron chi connectivity index (χ4n) is 1.71. The molecule has 0 saturated carbocycles. The highest BCUT2D eigenvalue weighted by Crippen LogP contribution is 2.16. The van der Waals surface area contributed by atoms with Crippen LogP contribution in [0.2, 0.25) is 0 Å². The fraction of sp³-hybridized carbons (Fsp3) is 0.643. The standard InChI is InChI=1S/C14H23N3O2/c1-10(2)12-9-11(3)15-14(16-12)17(4)8-6-7-13(18)19-5/h9-10H,6-8H2,1-5H3. The molecule has 0 saturated heterocycles. The van der Waals surface area contributed by atoms with Crippen molar-refractivity contribution in [3.63, 3.8) is 0 Å². The van der Waals surface area contributed by atoms with E-state index in [1.54, 1.807) is 0 Å². The van der Waals surface area contributed by atoms with Crippen molar-refractivity contribution in [2.24, 2.45) is 0 Å². The SMILES string of the molecule is COC(=O)CCCN(C)c1nc(C)cc(C(C)C)n1. The second-order valence-corrected chi connectivity index (χ2v) is 4.99. The van der Waals surface area contributed by atoms with Crippen molar-refractivity contribution in [1.29, 1.82) is 0 Å². The lowest BCUT2D eigenvalue weighted by molar-refractivity contribution is -0.140. The number of hydrogen-bond donors (Lipinski definition) is 0. The molecular formula is C14H23N3O2. The number of nitrogens with zero attached hydrogens (tertiary/aromatic N) is 3. The third-order valence-electron chi connectivity index (χ3n) is 2.90. The highest BCUT2D eigenvalue weighted by Gasteiger charge is 2.10. The molecule has 5 heteroatoms. The summed E-state index contributed by atoms with van der Waals surface area (Å²) in [6, 6.07) is 2.01. The van der Waals surface area contributed by atoms with Crippen LogP contribution in [0.15, 0.2) is 6.07 Å². The number of aryl methyl sites for hydroxylation is 1. The van der Waals surface area contributed by atoms with Gasteiger partial charge in [-0.2, -0.15) is 0 Å². The maximum absolute atomic E-state index is 11.1. The average Bonchev–Trinajstić information content (AvgIpc) is 2.37. The van der Waals surface area contributed by atoms with Crippen LogP contribution >= 0.6 is 0 Å². The molecule has 1 heterocycles. The minimum atomic E-state index is -0.179. The van der Waals surface area contributed by atoms with Gasteiger partial charge in [0, 0.05) is 31.4 Å². The lowest BCUT2D eigenvalue weighted by atomic mass is 10.1. The zero-order valence-corrected chi connectivity index (χ0v) is 12.4. The molecule has 0 unspecified atom stereocenters. The Morgan fingerprint density at radius 1 is 1.42 bits per heavy atom. The molecule has 1 rings (SSSR count). The van der Waals surface area contributed by atoms with Gasteiger partial charge >= 0.3 is 5.97 Å². The van der Waals surface area contributed by atoms with Crippen molar-refractivity contribution < 1.29 is 9.53 Å². The molecule has 0 aliphatic carbocycles. The Labute approximate surface area is 115 Å². The van der Waals surface area contributed by atoms with Gasteiger partial charge in [0.2, 0.25) is 5.95 Å². The molecule has 0 aromatic carbocycles. The van der Waals surface area contributed by atoms with Gasteiger partial charge < -0.3 is 9.64 Å². The first-order chi connectivity index (χ1) is 8.93. The molecule has 0 atom stereocenters. The zero-order chi connectivity index (χ0) is 14.4. The second-order valence-electron chi connectivity index (χ2n) is 4.99. The number of ether oxygens (including phenoxy) is 1. The number of aromatic nitrogens is 2. The third-order valence-corrected chi connectivity index (χ3v) is 2.90. The van der Waals surface area contributed by atoms with E-state index >= 15 is 0 Å². The molecule has 0 N–H and O–H groups in total. The first kappa shape index (κ1) is 15.4. The van der Waals surface area contributed by atoms with Gasteiger partial charge in [-0.1, -0.05) is 13.8 Å². The monoisotopic (exact) mass is 265 g/mol. The largest absolute Gasteiger partial charge is 0.469 e. The van der Waals surface area contributed by atoms with Crippen LogP contribution in [0.3, 0.4) is 0 Å². The summed E-state index contributed by atoms with van der Waals surface area (Å²) in [5, 5.41) is 0. The minimum Gasteiger partial charge on any atom is -0.469 e. The predicted molar refractivity (Wildman–Crippen MR) is 75.4 cm³/mol. The number of esters is 1. The summed E-state index contributed by atoms with van der Waals surface area (Å²) in [6.45, 7) is 6.93. The lowest BCUT2D eigenvalue weighted by Gasteiger charge is -2.18. The maximum atomic E-state index is 11.1. The minimum absolute atomic E-state index is 0.179.